The molecule has 6 nitrogen and oxygen atoms in total. The van der Waals surface area contributed by atoms with Crippen LogP contribution in [-0.2, 0) is 0 Å². The lowest BCUT2D eigenvalue weighted by molar-refractivity contribution is -0.386. The van der Waals surface area contributed by atoms with Crippen LogP contribution < -0.4 is 5.32 Å². The molecule has 2 fully saturated rings. The maximum Gasteiger partial charge on any atom is 0.277 e. The zero-order valence-corrected chi connectivity index (χ0v) is 16.8. The molecule has 1 atom stereocenters. The van der Waals surface area contributed by atoms with E-state index in [1.54, 1.807) is 12.1 Å². The van der Waals surface area contributed by atoms with E-state index in [1.165, 1.54) is 19.3 Å². The number of benzene rings is 1. The van der Waals surface area contributed by atoms with E-state index < -0.39 is 0 Å². The van der Waals surface area contributed by atoms with E-state index in [9.17, 15) is 15.2 Å². The highest BCUT2D eigenvalue weighted by Crippen LogP contribution is 2.46. The smallest absolute Gasteiger partial charge is 0.277 e. The summed E-state index contributed by atoms with van der Waals surface area (Å²) in [7, 11) is 0. The first-order valence-electron chi connectivity index (χ1n) is 9.01. The van der Waals surface area contributed by atoms with Crippen LogP contribution in [0.15, 0.2) is 12.1 Å². The molecule has 8 heteroatoms. The Morgan fingerprint density at radius 3 is 2.38 bits per heavy atom. The zero-order chi connectivity index (χ0) is 17.1. The number of aryl methyl sites for hydroxylation is 1. The molecule has 0 amide bonds. The third-order valence-corrected chi connectivity index (χ3v) is 5.53. The fourth-order valence-corrected chi connectivity index (χ4v) is 4.28. The molecular formula is C18H29Cl2N3O3. The third kappa shape index (κ3) is 4.80. The van der Waals surface area contributed by atoms with Crippen molar-refractivity contribution < 1.29 is 10.0 Å². The first-order chi connectivity index (χ1) is 11.6. The standard InChI is InChI=1S/C18H27N3O3.2ClH/c1-13-7-8-15(21(23)24)16(18(13)22)17(14-5-3-2-4-6-14)20-11-9-19-10-12-20;;/h7-8,14,17,19,22H,2-6,9-12H2,1H3;2*1H/t17-;;/m1../s1. The predicted octanol–water partition coefficient (Wildman–Crippen LogP) is 3.98. The van der Waals surface area contributed by atoms with Crippen LogP contribution >= 0.6 is 24.8 Å². The lowest BCUT2D eigenvalue weighted by Gasteiger charge is -2.41. The Hall–Kier alpha value is -1.08. The van der Waals surface area contributed by atoms with Crippen molar-refractivity contribution >= 4 is 30.5 Å². The number of hydrogen-bond donors (Lipinski definition) is 2. The first-order valence-corrected chi connectivity index (χ1v) is 9.01. The number of phenolic OH excluding ortho intramolecular Hbond substituents is 1. The molecule has 2 aliphatic rings. The van der Waals surface area contributed by atoms with Gasteiger partial charge in [0, 0.05) is 38.3 Å². The van der Waals surface area contributed by atoms with E-state index >= 15 is 0 Å². The van der Waals surface area contributed by atoms with Crippen molar-refractivity contribution in [2.75, 3.05) is 26.2 Å². The topological polar surface area (TPSA) is 78.6 Å². The molecule has 0 unspecified atom stereocenters. The van der Waals surface area contributed by atoms with E-state index in [4.69, 9.17) is 0 Å². The number of aromatic hydroxyl groups is 1. The van der Waals surface area contributed by atoms with Crippen LogP contribution in [-0.4, -0.2) is 41.1 Å². The average molecular weight is 406 g/mol. The highest BCUT2D eigenvalue weighted by molar-refractivity contribution is 5.85. The molecule has 0 radical (unpaired) electrons. The van der Waals surface area contributed by atoms with E-state index in [0.29, 0.717) is 17.0 Å². The lowest BCUT2D eigenvalue weighted by atomic mass is 9.79. The van der Waals surface area contributed by atoms with Crippen LogP contribution in [0.4, 0.5) is 5.69 Å². The molecule has 1 saturated heterocycles. The van der Waals surface area contributed by atoms with Crippen LogP contribution in [0.2, 0.25) is 0 Å². The Bertz CT molecular complexity index is 586. The number of phenols is 1. The summed E-state index contributed by atoms with van der Waals surface area (Å²) in [6, 6.07) is 3.14. The van der Waals surface area contributed by atoms with E-state index in [1.807, 2.05) is 6.92 Å². The molecular weight excluding hydrogens is 377 g/mol. The highest BCUT2D eigenvalue weighted by Gasteiger charge is 2.37. The Morgan fingerprint density at radius 1 is 1.19 bits per heavy atom. The number of nitro benzene ring substituents is 1. The van der Waals surface area contributed by atoms with Crippen LogP contribution in [0.5, 0.6) is 5.75 Å². The maximum absolute atomic E-state index is 11.6. The number of halogens is 2. The summed E-state index contributed by atoms with van der Waals surface area (Å²) in [5.41, 5.74) is 1.31. The number of piperazine rings is 1. The molecule has 26 heavy (non-hydrogen) atoms. The van der Waals surface area contributed by atoms with Gasteiger partial charge in [-0.1, -0.05) is 19.3 Å². The van der Waals surface area contributed by atoms with Crippen molar-refractivity contribution in [3.05, 3.63) is 33.4 Å². The van der Waals surface area contributed by atoms with E-state index in [-0.39, 0.29) is 47.2 Å². The zero-order valence-electron chi connectivity index (χ0n) is 15.1. The molecule has 3 rings (SSSR count). The van der Waals surface area contributed by atoms with Gasteiger partial charge in [-0.2, -0.15) is 0 Å². The number of nitrogens with zero attached hydrogens (tertiary/aromatic N) is 2. The highest BCUT2D eigenvalue weighted by atomic mass is 35.5. The van der Waals surface area contributed by atoms with Crippen molar-refractivity contribution in [1.29, 1.82) is 0 Å². The quantitative estimate of drug-likeness (QED) is 0.584. The minimum absolute atomic E-state index is 0. The Balaban J connectivity index is 0.00000169. The van der Waals surface area contributed by atoms with Crippen LogP contribution in [0.1, 0.15) is 49.3 Å². The van der Waals surface area contributed by atoms with Crippen molar-refractivity contribution in [2.45, 2.75) is 45.1 Å². The van der Waals surface area contributed by atoms with Crippen LogP contribution in [0.3, 0.4) is 0 Å². The summed E-state index contributed by atoms with van der Waals surface area (Å²) < 4.78 is 0. The summed E-state index contributed by atoms with van der Waals surface area (Å²) in [6.45, 7) is 5.34. The Labute approximate surface area is 167 Å². The second-order valence-corrected chi connectivity index (χ2v) is 7.05. The molecule has 0 aromatic heterocycles. The van der Waals surface area contributed by atoms with Crippen molar-refractivity contribution in [1.82, 2.24) is 10.2 Å². The second-order valence-electron chi connectivity index (χ2n) is 7.05. The predicted molar refractivity (Wildman–Crippen MR) is 108 cm³/mol. The molecule has 1 aromatic carbocycles. The molecule has 0 bridgehead atoms. The number of nitro groups is 1. The summed E-state index contributed by atoms with van der Waals surface area (Å²) >= 11 is 0. The molecule has 0 spiro atoms. The van der Waals surface area contributed by atoms with Crippen LogP contribution in [0.25, 0.3) is 0 Å². The number of hydrogen-bond acceptors (Lipinski definition) is 5. The fourth-order valence-electron chi connectivity index (χ4n) is 4.28. The van der Waals surface area contributed by atoms with Gasteiger partial charge >= 0.3 is 0 Å². The van der Waals surface area contributed by atoms with Gasteiger partial charge in [0.25, 0.3) is 5.69 Å². The molecule has 1 aromatic rings. The molecule has 1 heterocycles. The van der Waals surface area contributed by atoms with Gasteiger partial charge in [0.05, 0.1) is 10.5 Å². The van der Waals surface area contributed by atoms with Gasteiger partial charge < -0.3 is 10.4 Å². The van der Waals surface area contributed by atoms with Crippen molar-refractivity contribution in [3.63, 3.8) is 0 Å². The third-order valence-electron chi connectivity index (χ3n) is 5.53. The van der Waals surface area contributed by atoms with Crippen molar-refractivity contribution in [2.24, 2.45) is 5.92 Å². The van der Waals surface area contributed by atoms with E-state index in [0.717, 1.165) is 39.0 Å². The van der Waals surface area contributed by atoms with E-state index in [2.05, 4.69) is 10.2 Å². The largest absolute Gasteiger partial charge is 0.507 e. The summed E-state index contributed by atoms with van der Waals surface area (Å²) in [6.07, 6.45) is 5.76. The first kappa shape index (κ1) is 23.0. The van der Waals surface area contributed by atoms with Gasteiger partial charge in [-0.3, -0.25) is 15.0 Å². The number of nitrogens with one attached hydrogen (secondary N) is 1. The minimum Gasteiger partial charge on any atom is -0.507 e. The van der Waals surface area contributed by atoms with Crippen molar-refractivity contribution in [3.8, 4) is 5.75 Å². The molecule has 2 N–H and O–H groups in total. The van der Waals surface area contributed by atoms with Crippen LogP contribution in [0, 0.1) is 23.0 Å². The second kappa shape index (κ2) is 10.3. The SMILES string of the molecule is Cc1ccc([N+](=O)[O-])c([C@@H](C2CCCCC2)N2CCNCC2)c1O.Cl.Cl. The monoisotopic (exact) mass is 405 g/mol. The maximum atomic E-state index is 11.6. The number of rotatable bonds is 4. The molecule has 1 aliphatic heterocycles. The molecule has 1 saturated carbocycles. The molecule has 148 valence electrons. The minimum atomic E-state index is -0.341. The van der Waals surface area contributed by atoms with Gasteiger partial charge in [0.1, 0.15) is 5.75 Å². The Kier molecular flexibility index (Phi) is 9.10. The fraction of sp³-hybridized carbons (Fsp3) is 0.667. The van der Waals surface area contributed by atoms with Gasteiger partial charge in [-0.05, 0) is 37.3 Å². The van der Waals surface area contributed by atoms with Gasteiger partial charge in [0.15, 0.2) is 0 Å². The summed E-state index contributed by atoms with van der Waals surface area (Å²) in [5.74, 6) is 0.488. The van der Waals surface area contributed by atoms with Gasteiger partial charge in [-0.15, -0.1) is 24.8 Å². The Morgan fingerprint density at radius 2 is 1.81 bits per heavy atom. The summed E-state index contributed by atoms with van der Waals surface area (Å²) in [5, 5.41) is 25.7. The van der Waals surface area contributed by atoms with Gasteiger partial charge in [0.2, 0.25) is 0 Å². The summed E-state index contributed by atoms with van der Waals surface area (Å²) in [4.78, 5) is 13.6. The lowest BCUT2D eigenvalue weighted by Crippen LogP contribution is -2.47. The molecule has 1 aliphatic carbocycles. The normalized spacial score (nSPS) is 19.9. The van der Waals surface area contributed by atoms with Gasteiger partial charge in [-0.25, -0.2) is 0 Å². The average Bonchev–Trinajstić information content (AvgIpc) is 2.60.